The molecule has 2 nitrogen and oxygen atoms in total. The number of aliphatic hydroxyl groups is 1. The number of halogens is 2. The van der Waals surface area contributed by atoms with Gasteiger partial charge < -0.3 is 10.8 Å². The van der Waals surface area contributed by atoms with Crippen molar-refractivity contribution in [3.8, 4) is 0 Å². The maximum Gasteiger partial charge on any atom is 0.123 e. The SMILES string of the molecule is NCC(c1ccccc1)C(O)c1cc(F)ccc1Br. The molecule has 2 rings (SSSR count). The highest BCUT2D eigenvalue weighted by atomic mass is 79.9. The summed E-state index contributed by atoms with van der Waals surface area (Å²) in [5.74, 6) is -0.639. The van der Waals surface area contributed by atoms with E-state index in [9.17, 15) is 9.50 Å². The Morgan fingerprint density at radius 2 is 1.84 bits per heavy atom. The zero-order chi connectivity index (χ0) is 13.8. The van der Waals surface area contributed by atoms with Crippen LogP contribution in [0.2, 0.25) is 0 Å². The lowest BCUT2D eigenvalue weighted by atomic mass is 9.89. The number of hydrogen-bond acceptors (Lipinski definition) is 2. The van der Waals surface area contributed by atoms with Crippen molar-refractivity contribution in [2.24, 2.45) is 5.73 Å². The van der Waals surface area contributed by atoms with E-state index in [4.69, 9.17) is 5.73 Å². The third-order valence-corrected chi connectivity index (χ3v) is 3.86. The average molecular weight is 324 g/mol. The Morgan fingerprint density at radius 3 is 2.47 bits per heavy atom. The van der Waals surface area contributed by atoms with Crippen molar-refractivity contribution < 1.29 is 9.50 Å². The van der Waals surface area contributed by atoms with E-state index in [1.807, 2.05) is 30.3 Å². The van der Waals surface area contributed by atoms with Gasteiger partial charge in [0.1, 0.15) is 5.82 Å². The molecule has 0 aliphatic rings. The molecular weight excluding hydrogens is 309 g/mol. The number of hydrogen-bond donors (Lipinski definition) is 2. The third-order valence-electron chi connectivity index (χ3n) is 3.14. The van der Waals surface area contributed by atoms with Crippen molar-refractivity contribution in [3.05, 3.63) is 69.9 Å². The highest BCUT2D eigenvalue weighted by Gasteiger charge is 2.23. The van der Waals surface area contributed by atoms with Gasteiger partial charge in [-0.05, 0) is 29.3 Å². The molecule has 0 spiro atoms. The molecule has 0 saturated heterocycles. The predicted molar refractivity (Wildman–Crippen MR) is 77.3 cm³/mol. The quantitative estimate of drug-likeness (QED) is 0.906. The van der Waals surface area contributed by atoms with Crippen molar-refractivity contribution in [2.75, 3.05) is 6.54 Å². The molecule has 0 saturated carbocycles. The van der Waals surface area contributed by atoms with Crippen LogP contribution in [0.5, 0.6) is 0 Å². The summed E-state index contributed by atoms with van der Waals surface area (Å²) in [4.78, 5) is 0. The van der Waals surface area contributed by atoms with Crippen LogP contribution in [-0.2, 0) is 0 Å². The lowest BCUT2D eigenvalue weighted by Gasteiger charge is -2.23. The Labute approximate surface area is 120 Å². The van der Waals surface area contributed by atoms with Crippen LogP contribution in [0.3, 0.4) is 0 Å². The molecule has 100 valence electrons. The molecule has 3 N–H and O–H groups in total. The van der Waals surface area contributed by atoms with Crippen molar-refractivity contribution >= 4 is 15.9 Å². The van der Waals surface area contributed by atoms with Gasteiger partial charge in [0.2, 0.25) is 0 Å². The first-order valence-corrected chi connectivity index (χ1v) is 6.81. The molecule has 2 unspecified atom stereocenters. The van der Waals surface area contributed by atoms with Gasteiger partial charge >= 0.3 is 0 Å². The molecule has 0 aliphatic heterocycles. The minimum atomic E-state index is -0.850. The highest BCUT2D eigenvalue weighted by molar-refractivity contribution is 9.10. The molecule has 0 bridgehead atoms. The second-order valence-electron chi connectivity index (χ2n) is 4.36. The number of aliphatic hydroxyl groups excluding tert-OH is 1. The molecule has 0 radical (unpaired) electrons. The summed E-state index contributed by atoms with van der Waals surface area (Å²) >= 11 is 3.33. The first-order valence-electron chi connectivity index (χ1n) is 6.01. The zero-order valence-electron chi connectivity index (χ0n) is 10.3. The second-order valence-corrected chi connectivity index (χ2v) is 5.22. The number of benzene rings is 2. The Kier molecular flexibility index (Phi) is 4.69. The first-order chi connectivity index (χ1) is 9.13. The standard InChI is InChI=1S/C15H15BrFNO/c16-14-7-6-11(17)8-12(14)15(19)13(9-18)10-4-2-1-3-5-10/h1-8,13,15,19H,9,18H2. The normalized spacial score (nSPS) is 14.1. The Morgan fingerprint density at radius 1 is 1.16 bits per heavy atom. The van der Waals surface area contributed by atoms with E-state index < -0.39 is 6.10 Å². The van der Waals surface area contributed by atoms with Gasteiger partial charge in [-0.3, -0.25) is 0 Å². The van der Waals surface area contributed by atoms with Crippen LogP contribution in [0.1, 0.15) is 23.1 Å². The highest BCUT2D eigenvalue weighted by Crippen LogP contribution is 2.34. The molecule has 0 fully saturated rings. The van der Waals surface area contributed by atoms with Crippen molar-refractivity contribution in [1.29, 1.82) is 0 Å². The fourth-order valence-corrected chi connectivity index (χ4v) is 2.59. The lowest BCUT2D eigenvalue weighted by molar-refractivity contribution is 0.146. The number of nitrogens with two attached hydrogens (primary N) is 1. The van der Waals surface area contributed by atoms with Gasteiger partial charge in [0.25, 0.3) is 0 Å². The van der Waals surface area contributed by atoms with Gasteiger partial charge in [-0.25, -0.2) is 4.39 Å². The van der Waals surface area contributed by atoms with Gasteiger partial charge in [-0.15, -0.1) is 0 Å². The maximum absolute atomic E-state index is 13.3. The monoisotopic (exact) mass is 323 g/mol. The van der Waals surface area contributed by atoms with Gasteiger partial charge in [0.05, 0.1) is 6.10 Å². The third kappa shape index (κ3) is 3.21. The molecule has 4 heteroatoms. The topological polar surface area (TPSA) is 46.2 Å². The lowest BCUT2D eigenvalue weighted by Crippen LogP contribution is -2.20. The van der Waals surface area contributed by atoms with Gasteiger partial charge in [0, 0.05) is 16.9 Å². The Balaban J connectivity index is 2.36. The van der Waals surface area contributed by atoms with E-state index in [1.165, 1.54) is 12.1 Å². The molecule has 2 aromatic rings. The summed E-state index contributed by atoms with van der Waals surface area (Å²) in [6.45, 7) is 0.286. The fourth-order valence-electron chi connectivity index (χ4n) is 2.11. The molecule has 0 heterocycles. The van der Waals surface area contributed by atoms with Crippen LogP contribution in [0.4, 0.5) is 4.39 Å². The zero-order valence-corrected chi connectivity index (χ0v) is 11.8. The minimum Gasteiger partial charge on any atom is -0.388 e. The molecular formula is C15H15BrFNO. The van der Waals surface area contributed by atoms with E-state index in [0.29, 0.717) is 10.0 Å². The summed E-state index contributed by atoms with van der Waals surface area (Å²) in [5.41, 5.74) is 7.21. The minimum absolute atomic E-state index is 0.265. The Bertz CT molecular complexity index is 547. The van der Waals surface area contributed by atoms with Gasteiger partial charge in [-0.1, -0.05) is 46.3 Å². The van der Waals surface area contributed by atoms with Crippen LogP contribution in [-0.4, -0.2) is 11.7 Å². The van der Waals surface area contributed by atoms with Crippen molar-refractivity contribution in [1.82, 2.24) is 0 Å². The fraction of sp³-hybridized carbons (Fsp3) is 0.200. The summed E-state index contributed by atoms with van der Waals surface area (Å²) in [5, 5.41) is 10.5. The average Bonchev–Trinajstić information content (AvgIpc) is 2.43. The molecule has 0 amide bonds. The second kappa shape index (κ2) is 6.28. The molecule has 2 aromatic carbocycles. The largest absolute Gasteiger partial charge is 0.388 e. The van der Waals surface area contributed by atoms with E-state index in [0.717, 1.165) is 5.56 Å². The molecule has 0 aliphatic carbocycles. The van der Waals surface area contributed by atoms with Crippen LogP contribution >= 0.6 is 15.9 Å². The summed E-state index contributed by atoms with van der Waals surface area (Å²) in [7, 11) is 0. The molecule has 19 heavy (non-hydrogen) atoms. The summed E-state index contributed by atoms with van der Waals surface area (Å²) in [6.07, 6.45) is -0.850. The van der Waals surface area contributed by atoms with E-state index >= 15 is 0 Å². The molecule has 2 atom stereocenters. The van der Waals surface area contributed by atoms with Crippen LogP contribution in [0.25, 0.3) is 0 Å². The maximum atomic E-state index is 13.3. The smallest absolute Gasteiger partial charge is 0.123 e. The van der Waals surface area contributed by atoms with E-state index in [-0.39, 0.29) is 18.3 Å². The van der Waals surface area contributed by atoms with E-state index in [2.05, 4.69) is 15.9 Å². The number of rotatable bonds is 4. The van der Waals surface area contributed by atoms with Crippen LogP contribution in [0.15, 0.2) is 53.0 Å². The van der Waals surface area contributed by atoms with Crippen molar-refractivity contribution in [2.45, 2.75) is 12.0 Å². The summed E-state index contributed by atoms with van der Waals surface area (Å²) in [6, 6.07) is 13.8. The van der Waals surface area contributed by atoms with E-state index in [1.54, 1.807) is 6.07 Å². The Hall–Kier alpha value is -1.23. The first kappa shape index (κ1) is 14.2. The predicted octanol–water partition coefficient (Wildman–Crippen LogP) is 3.36. The van der Waals surface area contributed by atoms with Crippen LogP contribution in [0, 0.1) is 5.82 Å². The van der Waals surface area contributed by atoms with Crippen LogP contribution < -0.4 is 5.73 Å². The van der Waals surface area contributed by atoms with Gasteiger partial charge in [0.15, 0.2) is 0 Å². The summed E-state index contributed by atoms with van der Waals surface area (Å²) < 4.78 is 14.0. The molecule has 0 aromatic heterocycles. The van der Waals surface area contributed by atoms with Gasteiger partial charge in [-0.2, -0.15) is 0 Å². The van der Waals surface area contributed by atoms with Crippen molar-refractivity contribution in [3.63, 3.8) is 0 Å².